The molecule has 2 nitrogen and oxygen atoms in total. The molecule has 1 aliphatic carbocycles. The van der Waals surface area contributed by atoms with Crippen molar-refractivity contribution in [3.8, 4) is 5.75 Å². The molecule has 3 heteroatoms. The van der Waals surface area contributed by atoms with Gasteiger partial charge in [-0.15, -0.1) is 11.3 Å². The predicted octanol–water partition coefficient (Wildman–Crippen LogP) is 4.38. The molecule has 1 aromatic heterocycles. The third-order valence-corrected chi connectivity index (χ3v) is 4.45. The van der Waals surface area contributed by atoms with Crippen LogP contribution in [0.2, 0.25) is 0 Å². The molecule has 0 saturated heterocycles. The molecule has 1 aliphatic rings. The summed E-state index contributed by atoms with van der Waals surface area (Å²) in [5.74, 6) is 0.379. The van der Waals surface area contributed by atoms with Gasteiger partial charge in [-0.3, -0.25) is 0 Å². The number of thiophene rings is 1. The second kappa shape index (κ2) is 5.63. The first-order valence-corrected chi connectivity index (χ1v) is 7.66. The Morgan fingerprint density at radius 2 is 1.95 bits per heavy atom. The van der Waals surface area contributed by atoms with Crippen molar-refractivity contribution >= 4 is 23.4 Å². The minimum absolute atomic E-state index is 0.229. The fourth-order valence-electron chi connectivity index (χ4n) is 2.32. The number of carbonyl (C=O) groups excluding carboxylic acids is 1. The summed E-state index contributed by atoms with van der Waals surface area (Å²) in [5.41, 5.74) is 3.09. The molecule has 0 aliphatic heterocycles. The molecule has 0 N–H and O–H groups in total. The Morgan fingerprint density at radius 3 is 2.75 bits per heavy atom. The van der Waals surface area contributed by atoms with E-state index in [1.54, 1.807) is 11.3 Å². The van der Waals surface area contributed by atoms with E-state index in [-0.39, 0.29) is 5.97 Å². The van der Waals surface area contributed by atoms with Gasteiger partial charge in [-0.05, 0) is 61.4 Å². The molecular formula is C17H16O2S. The van der Waals surface area contributed by atoms with E-state index in [2.05, 4.69) is 11.4 Å². The highest BCUT2D eigenvalue weighted by Gasteiger charge is 2.17. The first-order chi connectivity index (χ1) is 9.72. The van der Waals surface area contributed by atoms with Crippen LogP contribution >= 0.6 is 11.3 Å². The van der Waals surface area contributed by atoms with E-state index in [4.69, 9.17) is 4.74 Å². The lowest BCUT2D eigenvalue weighted by molar-refractivity contribution is -0.130. The maximum atomic E-state index is 12.2. The van der Waals surface area contributed by atoms with Gasteiger partial charge in [0.25, 0.3) is 0 Å². The number of carbonyl (C=O) groups is 1. The molecule has 0 radical (unpaired) electrons. The first kappa shape index (κ1) is 13.1. The molecule has 0 spiro atoms. The molecule has 0 fully saturated rings. The highest BCUT2D eigenvalue weighted by molar-refractivity contribution is 7.10. The van der Waals surface area contributed by atoms with Gasteiger partial charge >= 0.3 is 5.97 Å². The second-order valence-electron chi connectivity index (χ2n) is 5.02. The fraction of sp³-hybridized carbons (Fsp3) is 0.235. The lowest BCUT2D eigenvalue weighted by Crippen LogP contribution is -2.11. The second-order valence-corrected chi connectivity index (χ2v) is 6.03. The van der Waals surface area contributed by atoms with Gasteiger partial charge in [0.05, 0.1) is 0 Å². The lowest BCUT2D eigenvalue weighted by Gasteiger charge is -2.06. The zero-order valence-electron chi connectivity index (χ0n) is 11.4. The van der Waals surface area contributed by atoms with Crippen LogP contribution in [0.1, 0.15) is 28.8 Å². The van der Waals surface area contributed by atoms with Crippen molar-refractivity contribution < 1.29 is 9.53 Å². The molecule has 0 atom stereocenters. The Kier molecular flexibility index (Phi) is 3.70. The molecule has 1 aromatic carbocycles. The van der Waals surface area contributed by atoms with Gasteiger partial charge in [0.2, 0.25) is 0 Å². The summed E-state index contributed by atoms with van der Waals surface area (Å²) in [4.78, 5) is 13.6. The van der Waals surface area contributed by atoms with Crippen molar-refractivity contribution in [3.05, 3.63) is 57.3 Å². The molecule has 20 heavy (non-hydrogen) atoms. The average Bonchev–Trinajstić information content (AvgIpc) is 2.78. The van der Waals surface area contributed by atoms with Crippen LogP contribution < -0.4 is 4.74 Å². The summed E-state index contributed by atoms with van der Waals surface area (Å²) in [6, 6.07) is 9.63. The fourth-order valence-corrected chi connectivity index (χ4v) is 3.23. The van der Waals surface area contributed by atoms with Gasteiger partial charge < -0.3 is 4.74 Å². The van der Waals surface area contributed by atoms with Crippen molar-refractivity contribution in [2.75, 3.05) is 0 Å². The van der Waals surface area contributed by atoms with Gasteiger partial charge in [0.15, 0.2) is 0 Å². The molecule has 102 valence electrons. The van der Waals surface area contributed by atoms with Gasteiger partial charge in [0.1, 0.15) is 5.75 Å². The average molecular weight is 284 g/mol. The topological polar surface area (TPSA) is 26.3 Å². The third-order valence-electron chi connectivity index (χ3n) is 3.45. The standard InChI is InChI=1S/C17H16O2S/c1-12-5-7-15(8-6-12)19-17(18)14-3-2-4-16-13(11-14)9-10-20-16/h5-11H,2-4H2,1H3. The summed E-state index contributed by atoms with van der Waals surface area (Å²) in [6.45, 7) is 2.01. The summed E-state index contributed by atoms with van der Waals surface area (Å²) in [6.07, 6.45) is 4.81. The molecule has 0 amide bonds. The van der Waals surface area contributed by atoms with Crippen LogP contribution in [0.5, 0.6) is 5.75 Å². The minimum atomic E-state index is -0.229. The molecular weight excluding hydrogens is 268 g/mol. The van der Waals surface area contributed by atoms with Crippen LogP contribution in [-0.4, -0.2) is 5.97 Å². The maximum Gasteiger partial charge on any atom is 0.339 e. The Bertz CT molecular complexity index is 650. The van der Waals surface area contributed by atoms with Crippen LogP contribution in [0.4, 0.5) is 0 Å². The van der Waals surface area contributed by atoms with Crippen LogP contribution in [0, 0.1) is 6.92 Å². The zero-order chi connectivity index (χ0) is 13.9. The monoisotopic (exact) mass is 284 g/mol. The smallest absolute Gasteiger partial charge is 0.339 e. The van der Waals surface area contributed by atoms with Crippen LogP contribution in [-0.2, 0) is 11.2 Å². The SMILES string of the molecule is Cc1ccc(OC(=O)C2=Cc3ccsc3CCC2)cc1. The largest absolute Gasteiger partial charge is 0.423 e. The number of hydrogen-bond donors (Lipinski definition) is 0. The number of benzene rings is 1. The first-order valence-electron chi connectivity index (χ1n) is 6.78. The van der Waals surface area contributed by atoms with Crippen LogP contribution in [0.15, 0.2) is 41.3 Å². The Morgan fingerprint density at radius 1 is 1.15 bits per heavy atom. The number of fused-ring (bicyclic) bond motifs is 1. The normalized spacial score (nSPS) is 14.2. The van der Waals surface area contributed by atoms with Crippen molar-refractivity contribution in [2.45, 2.75) is 26.2 Å². The number of hydrogen-bond acceptors (Lipinski definition) is 3. The van der Waals surface area contributed by atoms with E-state index in [1.807, 2.05) is 37.3 Å². The van der Waals surface area contributed by atoms with Crippen molar-refractivity contribution in [3.63, 3.8) is 0 Å². The highest BCUT2D eigenvalue weighted by Crippen LogP contribution is 2.28. The number of aryl methyl sites for hydroxylation is 2. The molecule has 1 heterocycles. The summed E-state index contributed by atoms with van der Waals surface area (Å²) in [5, 5.41) is 2.08. The molecule has 3 rings (SSSR count). The van der Waals surface area contributed by atoms with Gasteiger partial charge in [-0.1, -0.05) is 17.7 Å². The Balaban J connectivity index is 1.79. The molecule has 0 saturated carbocycles. The van der Waals surface area contributed by atoms with E-state index >= 15 is 0 Å². The van der Waals surface area contributed by atoms with Crippen molar-refractivity contribution in [1.82, 2.24) is 0 Å². The van der Waals surface area contributed by atoms with E-state index in [0.29, 0.717) is 5.75 Å². The zero-order valence-corrected chi connectivity index (χ0v) is 12.2. The molecule has 0 unspecified atom stereocenters. The van der Waals surface area contributed by atoms with Gasteiger partial charge in [0, 0.05) is 10.5 Å². The van der Waals surface area contributed by atoms with E-state index in [1.165, 1.54) is 10.4 Å². The number of rotatable bonds is 2. The maximum absolute atomic E-state index is 12.2. The highest BCUT2D eigenvalue weighted by atomic mass is 32.1. The lowest BCUT2D eigenvalue weighted by atomic mass is 10.1. The summed E-state index contributed by atoms with van der Waals surface area (Å²) < 4.78 is 5.45. The van der Waals surface area contributed by atoms with Crippen LogP contribution in [0.3, 0.4) is 0 Å². The Labute approximate surface area is 122 Å². The summed E-state index contributed by atoms with van der Waals surface area (Å²) >= 11 is 1.76. The minimum Gasteiger partial charge on any atom is -0.423 e. The van der Waals surface area contributed by atoms with E-state index in [9.17, 15) is 4.79 Å². The summed E-state index contributed by atoms with van der Waals surface area (Å²) in [7, 11) is 0. The van der Waals surface area contributed by atoms with Crippen LogP contribution in [0.25, 0.3) is 6.08 Å². The Hall–Kier alpha value is -1.87. The number of esters is 1. The quantitative estimate of drug-likeness (QED) is 0.604. The number of ether oxygens (including phenoxy) is 1. The van der Waals surface area contributed by atoms with Gasteiger partial charge in [-0.2, -0.15) is 0 Å². The third kappa shape index (κ3) is 2.83. The predicted molar refractivity (Wildman–Crippen MR) is 82.0 cm³/mol. The van der Waals surface area contributed by atoms with E-state index in [0.717, 1.165) is 30.4 Å². The van der Waals surface area contributed by atoms with Crippen molar-refractivity contribution in [1.29, 1.82) is 0 Å². The van der Waals surface area contributed by atoms with Gasteiger partial charge in [-0.25, -0.2) is 4.79 Å². The van der Waals surface area contributed by atoms with Crippen molar-refractivity contribution in [2.24, 2.45) is 0 Å². The van der Waals surface area contributed by atoms with E-state index < -0.39 is 0 Å². The molecule has 0 bridgehead atoms. The molecule has 2 aromatic rings.